The van der Waals surface area contributed by atoms with Crippen molar-refractivity contribution in [2.45, 2.75) is 33.2 Å². The van der Waals surface area contributed by atoms with Crippen LogP contribution < -0.4 is 10.1 Å². The number of nitrogens with one attached hydrogen (secondary N) is 1. The van der Waals surface area contributed by atoms with Crippen LogP contribution in [0.3, 0.4) is 0 Å². The second kappa shape index (κ2) is 10.1. The molecule has 2 heterocycles. The summed E-state index contributed by atoms with van der Waals surface area (Å²) < 4.78 is 11.0. The lowest BCUT2D eigenvalue weighted by Gasteiger charge is -2.21. The van der Waals surface area contributed by atoms with Crippen LogP contribution in [0.2, 0.25) is 0 Å². The van der Waals surface area contributed by atoms with Crippen LogP contribution in [-0.2, 0) is 11.3 Å². The van der Waals surface area contributed by atoms with E-state index in [0.717, 1.165) is 50.7 Å². The molecule has 1 fully saturated rings. The number of guanidine groups is 1. The molecule has 0 aromatic carbocycles. The number of aromatic nitrogens is 1. The molecule has 1 N–H and O–H groups in total. The van der Waals surface area contributed by atoms with E-state index in [4.69, 9.17) is 9.47 Å². The number of nitrogens with zero attached hydrogens (tertiary/aromatic N) is 3. The number of aliphatic imine (C=N–C) groups is 1. The topological polar surface area (TPSA) is 59.0 Å². The summed E-state index contributed by atoms with van der Waals surface area (Å²) in [6, 6.07) is 3.96. The van der Waals surface area contributed by atoms with Crippen LogP contribution in [0.25, 0.3) is 0 Å². The number of pyridine rings is 1. The van der Waals surface area contributed by atoms with Crippen molar-refractivity contribution in [3.63, 3.8) is 0 Å². The minimum atomic E-state index is 0.597. The van der Waals surface area contributed by atoms with E-state index in [0.29, 0.717) is 24.9 Å². The van der Waals surface area contributed by atoms with Gasteiger partial charge < -0.3 is 19.7 Å². The third kappa shape index (κ3) is 5.67. The smallest absolute Gasteiger partial charge is 0.213 e. The fourth-order valence-electron chi connectivity index (χ4n) is 2.77. The Hall–Kier alpha value is -1.82. The highest BCUT2D eigenvalue weighted by Gasteiger charge is 2.24. The molecular weight excluding hydrogens is 304 g/mol. The van der Waals surface area contributed by atoms with Gasteiger partial charge in [0.15, 0.2) is 5.96 Å². The van der Waals surface area contributed by atoms with E-state index < -0.39 is 0 Å². The molecule has 0 aliphatic carbocycles. The molecule has 0 radical (unpaired) electrons. The van der Waals surface area contributed by atoms with Crippen LogP contribution in [-0.4, -0.2) is 55.8 Å². The predicted molar refractivity (Wildman–Crippen MR) is 96.4 cm³/mol. The summed E-state index contributed by atoms with van der Waals surface area (Å²) in [6.45, 7) is 9.19. The minimum absolute atomic E-state index is 0.597. The fourth-order valence-corrected chi connectivity index (χ4v) is 2.77. The fraction of sp³-hybridized carbons (Fsp3) is 0.667. The summed E-state index contributed by atoms with van der Waals surface area (Å²) in [5.74, 6) is 2.23. The van der Waals surface area contributed by atoms with Gasteiger partial charge in [-0.05, 0) is 25.3 Å². The van der Waals surface area contributed by atoms with Gasteiger partial charge in [0.05, 0.1) is 13.2 Å². The molecule has 6 nitrogen and oxygen atoms in total. The summed E-state index contributed by atoms with van der Waals surface area (Å²) in [5.41, 5.74) is 1.12. The Labute approximate surface area is 145 Å². The summed E-state index contributed by atoms with van der Waals surface area (Å²) in [5, 5.41) is 3.42. The SMILES string of the molecule is CCCOc1ccc(CNC(=NC)N2CCC(COCC)C2)cn1. The quantitative estimate of drug-likeness (QED) is 0.584. The maximum Gasteiger partial charge on any atom is 0.213 e. The first-order valence-electron chi connectivity index (χ1n) is 8.87. The monoisotopic (exact) mass is 334 g/mol. The van der Waals surface area contributed by atoms with E-state index in [1.165, 1.54) is 0 Å². The van der Waals surface area contributed by atoms with Gasteiger partial charge in [-0.25, -0.2) is 4.98 Å². The molecule has 0 amide bonds. The minimum Gasteiger partial charge on any atom is -0.478 e. The Morgan fingerprint density at radius 1 is 1.42 bits per heavy atom. The Kier molecular flexibility index (Phi) is 7.82. The number of hydrogen-bond donors (Lipinski definition) is 1. The number of hydrogen-bond acceptors (Lipinski definition) is 4. The molecule has 1 aliphatic heterocycles. The standard InChI is InChI=1S/C18H30N4O2/c1-4-10-24-17-7-6-15(11-20-17)12-21-18(19-3)22-9-8-16(13-22)14-23-5-2/h6-7,11,16H,4-5,8-10,12-14H2,1-3H3,(H,19,21). The second-order valence-corrected chi connectivity index (χ2v) is 6.01. The Morgan fingerprint density at radius 3 is 2.96 bits per heavy atom. The van der Waals surface area contributed by atoms with Crippen LogP contribution in [0.4, 0.5) is 0 Å². The van der Waals surface area contributed by atoms with Gasteiger partial charge in [-0.2, -0.15) is 0 Å². The zero-order valence-corrected chi connectivity index (χ0v) is 15.1. The molecule has 0 saturated carbocycles. The molecule has 134 valence electrons. The number of likely N-dealkylation sites (tertiary alicyclic amines) is 1. The Morgan fingerprint density at radius 2 is 2.29 bits per heavy atom. The van der Waals surface area contributed by atoms with E-state index in [1.54, 1.807) is 0 Å². The van der Waals surface area contributed by atoms with Crippen molar-refractivity contribution in [3.05, 3.63) is 23.9 Å². The van der Waals surface area contributed by atoms with E-state index in [2.05, 4.69) is 27.1 Å². The summed E-state index contributed by atoms with van der Waals surface area (Å²) in [4.78, 5) is 11.0. The number of rotatable bonds is 8. The Balaban J connectivity index is 1.79. The molecule has 1 aromatic rings. The molecule has 0 bridgehead atoms. The summed E-state index contributed by atoms with van der Waals surface area (Å²) in [7, 11) is 1.83. The predicted octanol–water partition coefficient (Wildman–Crippen LogP) is 2.30. The highest BCUT2D eigenvalue weighted by atomic mass is 16.5. The first kappa shape index (κ1) is 18.5. The van der Waals surface area contributed by atoms with Crippen LogP contribution in [0.1, 0.15) is 32.3 Å². The first-order chi connectivity index (χ1) is 11.8. The largest absolute Gasteiger partial charge is 0.478 e. The van der Waals surface area contributed by atoms with Crippen molar-refractivity contribution >= 4 is 5.96 Å². The third-order valence-electron chi connectivity index (χ3n) is 4.06. The zero-order chi connectivity index (χ0) is 17.2. The van der Waals surface area contributed by atoms with E-state index in [9.17, 15) is 0 Å². The van der Waals surface area contributed by atoms with E-state index in [1.807, 2.05) is 32.3 Å². The average Bonchev–Trinajstić information content (AvgIpc) is 3.08. The van der Waals surface area contributed by atoms with E-state index in [-0.39, 0.29) is 0 Å². The van der Waals surface area contributed by atoms with Crippen LogP contribution in [0, 0.1) is 5.92 Å². The molecule has 1 aliphatic rings. The van der Waals surface area contributed by atoms with Gasteiger partial charge in [-0.1, -0.05) is 13.0 Å². The van der Waals surface area contributed by atoms with Gasteiger partial charge in [-0.3, -0.25) is 4.99 Å². The van der Waals surface area contributed by atoms with Gasteiger partial charge in [0, 0.05) is 51.5 Å². The van der Waals surface area contributed by atoms with Gasteiger partial charge in [0.1, 0.15) is 0 Å². The lowest BCUT2D eigenvalue weighted by atomic mass is 10.1. The maximum absolute atomic E-state index is 5.54. The van der Waals surface area contributed by atoms with Crippen molar-refractivity contribution in [1.82, 2.24) is 15.2 Å². The van der Waals surface area contributed by atoms with Gasteiger partial charge in [-0.15, -0.1) is 0 Å². The van der Waals surface area contributed by atoms with Gasteiger partial charge >= 0.3 is 0 Å². The molecule has 1 saturated heterocycles. The lowest BCUT2D eigenvalue weighted by Crippen LogP contribution is -2.39. The summed E-state index contributed by atoms with van der Waals surface area (Å²) in [6.07, 6.45) is 4.00. The van der Waals surface area contributed by atoms with Gasteiger partial charge in [0.2, 0.25) is 5.88 Å². The van der Waals surface area contributed by atoms with E-state index >= 15 is 0 Å². The van der Waals surface area contributed by atoms with Gasteiger partial charge in [0.25, 0.3) is 0 Å². The van der Waals surface area contributed by atoms with Crippen LogP contribution in [0.5, 0.6) is 5.88 Å². The van der Waals surface area contributed by atoms with Crippen molar-refractivity contribution in [3.8, 4) is 5.88 Å². The number of ether oxygens (including phenoxy) is 2. The molecule has 1 unspecified atom stereocenters. The molecular formula is C18H30N4O2. The summed E-state index contributed by atoms with van der Waals surface area (Å²) >= 11 is 0. The average molecular weight is 334 g/mol. The van der Waals surface area contributed by atoms with Crippen molar-refractivity contribution in [2.75, 3.05) is 40.0 Å². The van der Waals surface area contributed by atoms with Crippen molar-refractivity contribution in [1.29, 1.82) is 0 Å². The molecule has 6 heteroatoms. The molecule has 1 aromatic heterocycles. The zero-order valence-electron chi connectivity index (χ0n) is 15.1. The molecule has 0 spiro atoms. The van der Waals surface area contributed by atoms with Crippen molar-refractivity contribution < 1.29 is 9.47 Å². The maximum atomic E-state index is 5.54. The first-order valence-corrected chi connectivity index (χ1v) is 8.87. The third-order valence-corrected chi connectivity index (χ3v) is 4.06. The van der Waals surface area contributed by atoms with Crippen LogP contribution >= 0.6 is 0 Å². The van der Waals surface area contributed by atoms with Crippen molar-refractivity contribution in [2.24, 2.45) is 10.9 Å². The molecule has 1 atom stereocenters. The highest BCUT2D eigenvalue weighted by Crippen LogP contribution is 2.16. The Bertz CT molecular complexity index is 504. The normalized spacial score (nSPS) is 18.0. The second-order valence-electron chi connectivity index (χ2n) is 6.01. The van der Waals surface area contributed by atoms with Crippen LogP contribution in [0.15, 0.2) is 23.3 Å². The highest BCUT2D eigenvalue weighted by molar-refractivity contribution is 5.80. The lowest BCUT2D eigenvalue weighted by molar-refractivity contribution is 0.114. The molecule has 2 rings (SSSR count). The molecule has 24 heavy (non-hydrogen) atoms.